The zero-order valence-electron chi connectivity index (χ0n) is 18.3. The first kappa shape index (κ1) is 23.4. The predicted octanol–water partition coefficient (Wildman–Crippen LogP) is 2.37. The van der Waals surface area contributed by atoms with Gasteiger partial charge in [0.05, 0.1) is 11.8 Å². The lowest BCUT2D eigenvalue weighted by Crippen LogP contribution is -2.54. The summed E-state index contributed by atoms with van der Waals surface area (Å²) in [4.78, 5) is 39.8. The van der Waals surface area contributed by atoms with Crippen molar-refractivity contribution < 1.29 is 19.1 Å². The minimum atomic E-state index is -0.732. The molecule has 3 amide bonds. The lowest BCUT2D eigenvalue weighted by molar-refractivity contribution is -0.141. The lowest BCUT2D eigenvalue weighted by atomic mass is 10.1. The smallest absolute Gasteiger partial charge is 0.251 e. The van der Waals surface area contributed by atoms with E-state index in [0.717, 1.165) is 6.42 Å². The molecule has 0 bridgehead atoms. The lowest BCUT2D eigenvalue weighted by Gasteiger charge is -2.28. The molecule has 0 spiro atoms. The number of likely N-dealkylation sites (tertiary alicyclic amines) is 1. The Labute approximate surface area is 178 Å². The van der Waals surface area contributed by atoms with Gasteiger partial charge in [0.25, 0.3) is 5.91 Å². The van der Waals surface area contributed by atoms with E-state index in [0.29, 0.717) is 30.7 Å². The van der Waals surface area contributed by atoms with E-state index in [4.69, 9.17) is 4.74 Å². The summed E-state index contributed by atoms with van der Waals surface area (Å²) in [5.74, 6) is -0.103. The molecule has 2 rings (SSSR count). The molecule has 0 aromatic rings. The van der Waals surface area contributed by atoms with E-state index in [1.165, 1.54) is 0 Å². The maximum Gasteiger partial charge on any atom is 0.251 e. The Morgan fingerprint density at radius 3 is 2.60 bits per heavy atom. The third-order valence-corrected chi connectivity index (χ3v) is 5.40. The van der Waals surface area contributed by atoms with Crippen LogP contribution in [0.4, 0.5) is 0 Å². The van der Waals surface area contributed by atoms with Gasteiger partial charge >= 0.3 is 0 Å². The number of nitrogens with zero attached hydrogens (tertiary/aromatic N) is 1. The molecule has 30 heavy (non-hydrogen) atoms. The molecule has 7 heteroatoms. The van der Waals surface area contributed by atoms with Crippen LogP contribution in [-0.2, 0) is 19.1 Å². The van der Waals surface area contributed by atoms with Crippen molar-refractivity contribution in [1.29, 1.82) is 0 Å². The maximum absolute atomic E-state index is 13.0. The van der Waals surface area contributed by atoms with Crippen molar-refractivity contribution in [3.05, 3.63) is 48.3 Å². The average Bonchev–Trinajstić information content (AvgIpc) is 3.31. The molecular weight excluding hydrogens is 382 g/mol. The first-order valence-electron chi connectivity index (χ1n) is 10.5. The van der Waals surface area contributed by atoms with Gasteiger partial charge in [0.1, 0.15) is 18.2 Å². The zero-order valence-corrected chi connectivity index (χ0v) is 18.3. The summed E-state index contributed by atoms with van der Waals surface area (Å²) < 4.78 is 5.51. The second kappa shape index (κ2) is 10.8. The number of rotatable bonds is 7. The molecule has 0 aliphatic carbocycles. The molecule has 4 atom stereocenters. The highest BCUT2D eigenvalue weighted by Crippen LogP contribution is 2.24. The summed E-state index contributed by atoms with van der Waals surface area (Å²) in [5, 5.41) is 5.73. The van der Waals surface area contributed by atoms with Crippen LogP contribution in [0, 0.1) is 0 Å². The fourth-order valence-electron chi connectivity index (χ4n) is 3.72. The fourth-order valence-corrected chi connectivity index (χ4v) is 3.72. The number of hydrogen-bond donors (Lipinski definition) is 2. The third kappa shape index (κ3) is 5.84. The molecule has 4 unspecified atom stereocenters. The van der Waals surface area contributed by atoms with Crippen molar-refractivity contribution in [2.45, 2.75) is 71.2 Å². The van der Waals surface area contributed by atoms with E-state index >= 15 is 0 Å². The Kier molecular flexibility index (Phi) is 8.45. The highest BCUT2D eigenvalue weighted by Gasteiger charge is 2.38. The van der Waals surface area contributed by atoms with E-state index in [-0.39, 0.29) is 29.9 Å². The average molecular weight is 416 g/mol. The van der Waals surface area contributed by atoms with Crippen LogP contribution in [0.15, 0.2) is 48.3 Å². The molecule has 2 heterocycles. The summed E-state index contributed by atoms with van der Waals surface area (Å²) in [7, 11) is 0. The van der Waals surface area contributed by atoms with Gasteiger partial charge in [0.15, 0.2) is 0 Å². The maximum atomic E-state index is 13.0. The van der Waals surface area contributed by atoms with Gasteiger partial charge in [0.2, 0.25) is 11.8 Å². The van der Waals surface area contributed by atoms with Crippen LogP contribution in [0.3, 0.4) is 0 Å². The third-order valence-electron chi connectivity index (χ3n) is 5.40. The zero-order chi connectivity index (χ0) is 22.3. The van der Waals surface area contributed by atoms with E-state index in [2.05, 4.69) is 17.2 Å². The van der Waals surface area contributed by atoms with Crippen molar-refractivity contribution in [3.8, 4) is 0 Å². The second-order valence-corrected chi connectivity index (χ2v) is 7.69. The molecule has 7 nitrogen and oxygen atoms in total. The molecule has 0 aromatic carbocycles. The van der Waals surface area contributed by atoms with Gasteiger partial charge in [0, 0.05) is 18.5 Å². The summed E-state index contributed by atoms with van der Waals surface area (Å²) in [6.07, 6.45) is 10.6. The molecule has 0 radical (unpaired) electrons. The molecule has 0 aromatic heterocycles. The number of allylic oxidation sites excluding steroid dienone is 4. The molecule has 2 saturated heterocycles. The van der Waals surface area contributed by atoms with Crippen molar-refractivity contribution in [2.75, 3.05) is 6.54 Å². The second-order valence-electron chi connectivity index (χ2n) is 7.69. The van der Waals surface area contributed by atoms with Crippen LogP contribution < -0.4 is 10.6 Å². The Morgan fingerprint density at radius 1 is 1.27 bits per heavy atom. The minimum absolute atomic E-state index is 0.138. The van der Waals surface area contributed by atoms with Crippen molar-refractivity contribution in [1.82, 2.24) is 15.5 Å². The quantitative estimate of drug-likeness (QED) is 0.494. The van der Waals surface area contributed by atoms with Gasteiger partial charge in [-0.15, -0.1) is 0 Å². The molecule has 2 aliphatic heterocycles. The van der Waals surface area contributed by atoms with Crippen LogP contribution in [-0.4, -0.2) is 53.4 Å². The molecule has 2 fully saturated rings. The van der Waals surface area contributed by atoms with Crippen molar-refractivity contribution in [3.63, 3.8) is 0 Å². The molecule has 2 aliphatic rings. The standard InChI is InChI=1S/C23H33N3O4/c1-6-8-9-11-18(7-2)21(27)24-16(4)23(29)26-13-10-12-20(26)22(28)25-19-14-15(3)30-17(19)5/h6-9,11,16-17,19-20H,3,10,12-14H2,1-2,4-5H3,(H,24,27)(H,25,28)/b8-6-,11-9-,18-7+. The van der Waals surface area contributed by atoms with Crippen LogP contribution in [0.5, 0.6) is 0 Å². The summed E-state index contributed by atoms with van der Waals surface area (Å²) >= 11 is 0. The SMILES string of the molecule is C=C1CC(NC(=O)C2CCCN2C(=O)C(C)NC(=O)C(/C=C\C=C/C)=C/C)C(C)O1. The van der Waals surface area contributed by atoms with Crippen molar-refractivity contribution >= 4 is 17.7 Å². The van der Waals surface area contributed by atoms with E-state index in [1.54, 1.807) is 37.0 Å². The Bertz CT molecular complexity index is 768. The minimum Gasteiger partial charge on any atom is -0.493 e. The van der Waals surface area contributed by atoms with E-state index < -0.39 is 12.1 Å². The summed E-state index contributed by atoms with van der Waals surface area (Å²) in [6, 6.07) is -1.40. The van der Waals surface area contributed by atoms with Crippen LogP contribution in [0.25, 0.3) is 0 Å². The van der Waals surface area contributed by atoms with Gasteiger partial charge in [-0.1, -0.05) is 30.9 Å². The number of nitrogens with one attached hydrogen (secondary N) is 2. The van der Waals surface area contributed by atoms with Gasteiger partial charge in [-0.3, -0.25) is 14.4 Å². The van der Waals surface area contributed by atoms with E-state index in [1.807, 2.05) is 26.0 Å². The fraction of sp³-hybridized carbons (Fsp3) is 0.522. The van der Waals surface area contributed by atoms with Gasteiger partial charge in [-0.25, -0.2) is 0 Å². The first-order valence-corrected chi connectivity index (χ1v) is 10.5. The molecular formula is C23H33N3O4. The molecule has 0 saturated carbocycles. The number of amides is 3. The highest BCUT2D eigenvalue weighted by molar-refractivity contribution is 5.99. The Hall–Kier alpha value is -2.83. The normalized spacial score (nSPS) is 25.6. The topological polar surface area (TPSA) is 87.7 Å². The number of carbonyl (C=O) groups is 3. The van der Waals surface area contributed by atoms with Gasteiger partial charge < -0.3 is 20.3 Å². The number of carbonyl (C=O) groups excluding carboxylic acids is 3. The van der Waals surface area contributed by atoms with E-state index in [9.17, 15) is 14.4 Å². The number of ether oxygens (including phenoxy) is 1. The highest BCUT2D eigenvalue weighted by atomic mass is 16.5. The van der Waals surface area contributed by atoms with Crippen LogP contribution in [0.2, 0.25) is 0 Å². The Balaban J connectivity index is 1.97. The van der Waals surface area contributed by atoms with Gasteiger partial charge in [-0.05, 0) is 46.6 Å². The molecule has 164 valence electrons. The van der Waals surface area contributed by atoms with Crippen LogP contribution >= 0.6 is 0 Å². The summed E-state index contributed by atoms with van der Waals surface area (Å²) in [6.45, 7) is 11.5. The van der Waals surface area contributed by atoms with Crippen molar-refractivity contribution in [2.24, 2.45) is 0 Å². The number of hydrogen-bond acceptors (Lipinski definition) is 4. The predicted molar refractivity (Wildman–Crippen MR) is 116 cm³/mol. The van der Waals surface area contributed by atoms with Crippen LogP contribution in [0.1, 0.15) is 47.0 Å². The monoisotopic (exact) mass is 415 g/mol. The summed E-state index contributed by atoms with van der Waals surface area (Å²) in [5.41, 5.74) is 0.471. The van der Waals surface area contributed by atoms with Gasteiger partial charge in [-0.2, -0.15) is 0 Å². The first-order chi connectivity index (χ1) is 14.3. The largest absolute Gasteiger partial charge is 0.493 e. The molecule has 2 N–H and O–H groups in total. The Morgan fingerprint density at radius 2 is 2.00 bits per heavy atom.